The predicted octanol–water partition coefficient (Wildman–Crippen LogP) is 1.69. The third kappa shape index (κ3) is 3.07. The lowest BCUT2D eigenvalue weighted by atomic mass is 10.0. The second kappa shape index (κ2) is 5.88. The van der Waals surface area contributed by atoms with E-state index >= 15 is 0 Å². The van der Waals surface area contributed by atoms with Crippen LogP contribution in [0, 0.1) is 13.8 Å². The van der Waals surface area contributed by atoms with E-state index in [1.165, 1.54) is 24.0 Å². The van der Waals surface area contributed by atoms with Crippen molar-refractivity contribution in [2.75, 3.05) is 32.1 Å². The smallest absolute Gasteiger partial charge is 0.133 e. The standard InChI is InChI=1S/C15H26N4/c1-11-8-12(2)17-15(14(11)9-16)19-7-5-6-13(10-19)18(3)4/h8,13H,5-7,9-10,16H2,1-4H3. The first kappa shape index (κ1) is 14.3. The van der Waals surface area contributed by atoms with Crippen LogP contribution in [0.2, 0.25) is 0 Å². The van der Waals surface area contributed by atoms with E-state index < -0.39 is 0 Å². The number of anilines is 1. The third-order valence-electron chi connectivity index (χ3n) is 4.08. The first-order chi connectivity index (χ1) is 9.02. The maximum atomic E-state index is 5.93. The van der Waals surface area contributed by atoms with E-state index in [9.17, 15) is 0 Å². The highest BCUT2D eigenvalue weighted by Gasteiger charge is 2.24. The normalized spacial score (nSPS) is 20.1. The summed E-state index contributed by atoms with van der Waals surface area (Å²) in [6.07, 6.45) is 2.49. The van der Waals surface area contributed by atoms with Crippen LogP contribution in [0.1, 0.15) is 29.7 Å². The minimum absolute atomic E-state index is 0.567. The molecule has 1 saturated heterocycles. The summed E-state index contributed by atoms with van der Waals surface area (Å²) in [5.41, 5.74) is 9.47. The molecule has 0 bridgehead atoms. The van der Waals surface area contributed by atoms with Gasteiger partial charge in [-0.3, -0.25) is 0 Å². The van der Waals surface area contributed by atoms with Gasteiger partial charge < -0.3 is 15.5 Å². The summed E-state index contributed by atoms with van der Waals surface area (Å²) < 4.78 is 0. The molecule has 1 unspecified atom stereocenters. The Kier molecular flexibility index (Phi) is 4.42. The maximum Gasteiger partial charge on any atom is 0.133 e. The second-order valence-corrected chi connectivity index (χ2v) is 5.79. The fraction of sp³-hybridized carbons (Fsp3) is 0.667. The van der Waals surface area contributed by atoms with Crippen molar-refractivity contribution in [3.8, 4) is 0 Å². The van der Waals surface area contributed by atoms with Crippen LogP contribution >= 0.6 is 0 Å². The largest absolute Gasteiger partial charge is 0.355 e. The minimum Gasteiger partial charge on any atom is -0.355 e. The SMILES string of the molecule is Cc1cc(C)c(CN)c(N2CCCC(N(C)C)C2)n1. The molecular formula is C15H26N4. The number of rotatable bonds is 3. The summed E-state index contributed by atoms with van der Waals surface area (Å²) >= 11 is 0. The van der Waals surface area contributed by atoms with Crippen LogP contribution < -0.4 is 10.6 Å². The number of hydrogen-bond acceptors (Lipinski definition) is 4. The molecule has 0 amide bonds. The predicted molar refractivity (Wildman–Crippen MR) is 80.5 cm³/mol. The van der Waals surface area contributed by atoms with Crippen molar-refractivity contribution in [3.63, 3.8) is 0 Å². The number of pyridine rings is 1. The summed E-state index contributed by atoms with van der Waals surface area (Å²) in [5, 5.41) is 0. The van der Waals surface area contributed by atoms with Gasteiger partial charge in [-0.1, -0.05) is 0 Å². The summed E-state index contributed by atoms with van der Waals surface area (Å²) in [6.45, 7) is 6.90. The fourth-order valence-corrected chi connectivity index (χ4v) is 2.93. The molecule has 2 rings (SSSR count). The van der Waals surface area contributed by atoms with Crippen LogP contribution in [-0.4, -0.2) is 43.1 Å². The highest BCUT2D eigenvalue weighted by atomic mass is 15.2. The number of nitrogens with zero attached hydrogens (tertiary/aromatic N) is 3. The number of piperidine rings is 1. The van der Waals surface area contributed by atoms with E-state index in [1.807, 2.05) is 0 Å². The number of hydrogen-bond donors (Lipinski definition) is 1. The van der Waals surface area contributed by atoms with E-state index in [-0.39, 0.29) is 0 Å². The number of nitrogens with two attached hydrogens (primary N) is 1. The highest BCUT2D eigenvalue weighted by Crippen LogP contribution is 2.26. The summed E-state index contributed by atoms with van der Waals surface area (Å²) in [6, 6.07) is 2.74. The molecule has 0 saturated carbocycles. The van der Waals surface area contributed by atoms with Gasteiger partial charge in [0.2, 0.25) is 0 Å². The third-order valence-corrected chi connectivity index (χ3v) is 4.08. The van der Waals surface area contributed by atoms with Crippen molar-refractivity contribution < 1.29 is 0 Å². The van der Waals surface area contributed by atoms with Crippen molar-refractivity contribution >= 4 is 5.82 Å². The van der Waals surface area contributed by atoms with E-state index in [4.69, 9.17) is 10.7 Å². The molecule has 1 aromatic rings. The van der Waals surface area contributed by atoms with Gasteiger partial charge in [0.25, 0.3) is 0 Å². The average Bonchev–Trinajstić information content (AvgIpc) is 2.38. The highest BCUT2D eigenvalue weighted by molar-refractivity contribution is 5.52. The topological polar surface area (TPSA) is 45.4 Å². The van der Waals surface area contributed by atoms with Gasteiger partial charge in [-0.25, -0.2) is 4.98 Å². The molecular weight excluding hydrogens is 236 g/mol. The second-order valence-electron chi connectivity index (χ2n) is 5.79. The van der Waals surface area contributed by atoms with Gasteiger partial charge in [0.15, 0.2) is 0 Å². The Hall–Kier alpha value is -1.13. The maximum absolute atomic E-state index is 5.93. The molecule has 1 aliphatic rings. The Bertz CT molecular complexity index is 442. The Morgan fingerprint density at radius 3 is 2.79 bits per heavy atom. The number of likely N-dealkylation sites (N-methyl/N-ethyl adjacent to an activating group) is 1. The lowest BCUT2D eigenvalue weighted by Crippen LogP contribution is -2.46. The van der Waals surface area contributed by atoms with Crippen LogP contribution in [-0.2, 0) is 6.54 Å². The van der Waals surface area contributed by atoms with Crippen molar-refractivity contribution in [2.24, 2.45) is 5.73 Å². The summed E-state index contributed by atoms with van der Waals surface area (Å²) in [7, 11) is 4.32. The zero-order valence-electron chi connectivity index (χ0n) is 12.6. The molecule has 19 heavy (non-hydrogen) atoms. The molecule has 0 spiro atoms. The molecule has 4 nitrogen and oxygen atoms in total. The van der Waals surface area contributed by atoms with E-state index in [0.717, 1.165) is 24.6 Å². The molecule has 106 valence electrons. The van der Waals surface area contributed by atoms with Crippen molar-refractivity contribution in [1.29, 1.82) is 0 Å². The average molecular weight is 262 g/mol. The van der Waals surface area contributed by atoms with Gasteiger partial charge in [0, 0.05) is 36.9 Å². The molecule has 2 N–H and O–H groups in total. The van der Waals surface area contributed by atoms with Crippen molar-refractivity contribution in [3.05, 3.63) is 22.9 Å². The van der Waals surface area contributed by atoms with Gasteiger partial charge in [0.1, 0.15) is 5.82 Å². The minimum atomic E-state index is 0.567. The van der Waals surface area contributed by atoms with Crippen LogP contribution in [0.25, 0.3) is 0 Å². The van der Waals surface area contributed by atoms with Crippen LogP contribution in [0.15, 0.2) is 6.07 Å². The van der Waals surface area contributed by atoms with Crippen molar-refractivity contribution in [2.45, 2.75) is 39.3 Å². The van der Waals surface area contributed by atoms with E-state index in [2.05, 4.69) is 43.8 Å². The van der Waals surface area contributed by atoms with Gasteiger partial charge in [-0.2, -0.15) is 0 Å². The zero-order valence-corrected chi connectivity index (χ0v) is 12.6. The molecule has 2 heterocycles. The van der Waals surface area contributed by atoms with Gasteiger partial charge in [-0.15, -0.1) is 0 Å². The van der Waals surface area contributed by atoms with Crippen LogP contribution in [0.3, 0.4) is 0 Å². The molecule has 1 fully saturated rings. The van der Waals surface area contributed by atoms with Crippen LogP contribution in [0.5, 0.6) is 0 Å². The Balaban J connectivity index is 2.30. The first-order valence-electron chi connectivity index (χ1n) is 7.11. The monoisotopic (exact) mass is 262 g/mol. The van der Waals surface area contributed by atoms with Crippen molar-refractivity contribution in [1.82, 2.24) is 9.88 Å². The van der Waals surface area contributed by atoms with Gasteiger partial charge in [0.05, 0.1) is 0 Å². The zero-order chi connectivity index (χ0) is 14.0. The Morgan fingerprint density at radius 1 is 1.42 bits per heavy atom. The molecule has 0 aromatic carbocycles. The quantitative estimate of drug-likeness (QED) is 0.900. The Labute approximate surface area is 116 Å². The number of aryl methyl sites for hydroxylation is 2. The molecule has 1 aliphatic heterocycles. The molecule has 0 aliphatic carbocycles. The lowest BCUT2D eigenvalue weighted by Gasteiger charge is -2.37. The number of aromatic nitrogens is 1. The molecule has 1 atom stereocenters. The fourth-order valence-electron chi connectivity index (χ4n) is 2.93. The van der Waals surface area contributed by atoms with Gasteiger partial charge in [-0.05, 0) is 52.4 Å². The van der Waals surface area contributed by atoms with Gasteiger partial charge >= 0.3 is 0 Å². The summed E-state index contributed by atoms with van der Waals surface area (Å²) in [4.78, 5) is 9.48. The molecule has 1 aromatic heterocycles. The van der Waals surface area contributed by atoms with Crippen LogP contribution in [0.4, 0.5) is 5.82 Å². The first-order valence-corrected chi connectivity index (χ1v) is 7.11. The van der Waals surface area contributed by atoms with E-state index in [1.54, 1.807) is 0 Å². The van der Waals surface area contributed by atoms with E-state index in [0.29, 0.717) is 12.6 Å². The molecule has 4 heteroatoms. The molecule has 0 radical (unpaired) electrons. The Morgan fingerprint density at radius 2 is 2.16 bits per heavy atom. The lowest BCUT2D eigenvalue weighted by molar-refractivity contribution is 0.257. The summed E-state index contributed by atoms with van der Waals surface area (Å²) in [5.74, 6) is 1.10.